The third kappa shape index (κ3) is 6.70. The van der Waals surface area contributed by atoms with Gasteiger partial charge in [-0.1, -0.05) is 57.6 Å². The second-order valence-electron chi connectivity index (χ2n) is 9.08. The van der Waals surface area contributed by atoms with Crippen molar-refractivity contribution < 1.29 is 17.9 Å². The molecule has 2 fully saturated rings. The van der Waals surface area contributed by atoms with Crippen molar-refractivity contribution in [3.05, 3.63) is 29.8 Å². The minimum absolute atomic E-state index is 0.134. The number of benzene rings is 1. The van der Waals surface area contributed by atoms with E-state index in [0.717, 1.165) is 42.1 Å². The second-order valence-corrected chi connectivity index (χ2v) is 9.08. The van der Waals surface area contributed by atoms with Crippen LogP contribution in [-0.4, -0.2) is 6.36 Å². The smallest absolute Gasteiger partial charge is 0.406 e. The number of halogens is 3. The Labute approximate surface area is 168 Å². The third-order valence-electron chi connectivity index (χ3n) is 7.14. The Kier molecular flexibility index (Phi) is 7.70. The van der Waals surface area contributed by atoms with Crippen LogP contribution in [0.1, 0.15) is 83.1 Å². The van der Waals surface area contributed by atoms with Gasteiger partial charge in [0.1, 0.15) is 5.75 Å². The molecule has 0 radical (unpaired) electrons. The molecule has 1 aromatic carbocycles. The topological polar surface area (TPSA) is 9.23 Å². The van der Waals surface area contributed by atoms with Gasteiger partial charge in [0.2, 0.25) is 0 Å². The number of alkyl halides is 3. The molecule has 3 rings (SSSR count). The minimum Gasteiger partial charge on any atom is -0.406 e. The van der Waals surface area contributed by atoms with Crippen molar-refractivity contribution in [1.29, 1.82) is 0 Å². The van der Waals surface area contributed by atoms with E-state index in [9.17, 15) is 13.2 Å². The monoisotopic (exact) mass is 396 g/mol. The molecule has 0 atom stereocenters. The lowest BCUT2D eigenvalue weighted by Crippen LogP contribution is -2.26. The molecule has 1 nitrogen and oxygen atoms in total. The predicted octanol–water partition coefficient (Wildman–Crippen LogP) is 7.93. The summed E-state index contributed by atoms with van der Waals surface area (Å²) in [6, 6.07) is 6.38. The van der Waals surface area contributed by atoms with Crippen LogP contribution in [0.5, 0.6) is 5.75 Å². The maximum absolute atomic E-state index is 12.2. The van der Waals surface area contributed by atoms with Gasteiger partial charge in [-0.25, -0.2) is 0 Å². The van der Waals surface area contributed by atoms with Crippen molar-refractivity contribution in [2.24, 2.45) is 23.7 Å². The summed E-state index contributed by atoms with van der Waals surface area (Å²) in [6.45, 7) is 2.30. The van der Waals surface area contributed by atoms with Gasteiger partial charge in [0.05, 0.1) is 0 Å². The van der Waals surface area contributed by atoms with Crippen molar-refractivity contribution in [2.45, 2.75) is 90.3 Å². The predicted molar refractivity (Wildman–Crippen MR) is 107 cm³/mol. The Morgan fingerprint density at radius 2 is 1.29 bits per heavy atom. The average molecular weight is 397 g/mol. The first-order chi connectivity index (χ1) is 13.4. The van der Waals surface area contributed by atoms with E-state index in [2.05, 4.69) is 11.7 Å². The van der Waals surface area contributed by atoms with Crippen LogP contribution in [0.2, 0.25) is 0 Å². The van der Waals surface area contributed by atoms with Gasteiger partial charge in [-0.15, -0.1) is 13.2 Å². The van der Waals surface area contributed by atoms with Crippen molar-refractivity contribution in [3.8, 4) is 5.75 Å². The van der Waals surface area contributed by atoms with Crippen LogP contribution in [-0.2, 0) is 6.42 Å². The first-order valence-electron chi connectivity index (χ1n) is 11.3. The van der Waals surface area contributed by atoms with Gasteiger partial charge in [-0.05, 0) is 79.9 Å². The van der Waals surface area contributed by atoms with Crippen molar-refractivity contribution in [2.75, 3.05) is 0 Å². The Morgan fingerprint density at radius 1 is 0.786 bits per heavy atom. The second kappa shape index (κ2) is 10.0. The molecule has 28 heavy (non-hydrogen) atoms. The molecule has 0 amide bonds. The summed E-state index contributed by atoms with van der Waals surface area (Å²) in [7, 11) is 0. The fraction of sp³-hybridized carbons (Fsp3) is 0.750. The van der Waals surface area contributed by atoms with Crippen molar-refractivity contribution in [3.63, 3.8) is 0 Å². The van der Waals surface area contributed by atoms with Crippen molar-refractivity contribution in [1.82, 2.24) is 0 Å². The Morgan fingerprint density at radius 3 is 1.75 bits per heavy atom. The van der Waals surface area contributed by atoms with Crippen LogP contribution < -0.4 is 4.74 Å². The molecule has 0 spiro atoms. The SMILES string of the molecule is CCC[C@H]1CC[C@H](C2CCC(CCc3ccc(OC(F)(F)F)cc3)CC2)CC1. The van der Waals surface area contributed by atoms with Crippen LogP contribution in [0.3, 0.4) is 0 Å². The first kappa shape index (κ1) is 21.5. The van der Waals surface area contributed by atoms with E-state index in [0.29, 0.717) is 0 Å². The van der Waals surface area contributed by atoms with Crippen LogP contribution in [0.4, 0.5) is 13.2 Å². The van der Waals surface area contributed by atoms with E-state index in [1.165, 1.54) is 76.3 Å². The van der Waals surface area contributed by atoms with E-state index < -0.39 is 6.36 Å². The van der Waals surface area contributed by atoms with Crippen LogP contribution >= 0.6 is 0 Å². The van der Waals surface area contributed by atoms with E-state index in [1.54, 1.807) is 12.1 Å². The lowest BCUT2D eigenvalue weighted by Gasteiger charge is -2.38. The number of ether oxygens (including phenoxy) is 1. The van der Waals surface area contributed by atoms with E-state index in [1.807, 2.05) is 0 Å². The highest BCUT2D eigenvalue weighted by molar-refractivity contribution is 5.27. The number of rotatable bonds is 7. The van der Waals surface area contributed by atoms with E-state index in [-0.39, 0.29) is 5.75 Å². The molecule has 0 aliphatic heterocycles. The van der Waals surface area contributed by atoms with Gasteiger partial charge in [-0.3, -0.25) is 0 Å². The van der Waals surface area contributed by atoms with Gasteiger partial charge < -0.3 is 4.74 Å². The first-order valence-corrected chi connectivity index (χ1v) is 11.3. The Balaban J connectivity index is 1.36. The molecule has 0 aromatic heterocycles. The highest BCUT2D eigenvalue weighted by Crippen LogP contribution is 2.43. The Hall–Kier alpha value is -1.19. The lowest BCUT2D eigenvalue weighted by atomic mass is 9.68. The average Bonchev–Trinajstić information content (AvgIpc) is 2.68. The van der Waals surface area contributed by atoms with Gasteiger partial charge in [0.15, 0.2) is 0 Å². The van der Waals surface area contributed by atoms with E-state index in [4.69, 9.17) is 0 Å². The molecule has 0 N–H and O–H groups in total. The molecule has 4 heteroatoms. The van der Waals surface area contributed by atoms with Crippen LogP contribution in [0.15, 0.2) is 24.3 Å². The molecule has 2 saturated carbocycles. The molecule has 158 valence electrons. The fourth-order valence-corrected chi connectivity index (χ4v) is 5.53. The quantitative estimate of drug-likeness (QED) is 0.455. The molecule has 0 heterocycles. The maximum atomic E-state index is 12.2. The zero-order valence-electron chi connectivity index (χ0n) is 17.1. The number of aryl methyl sites for hydroxylation is 1. The lowest BCUT2D eigenvalue weighted by molar-refractivity contribution is -0.274. The van der Waals surface area contributed by atoms with E-state index >= 15 is 0 Å². The molecule has 1 aromatic rings. The molecule has 0 saturated heterocycles. The highest BCUT2D eigenvalue weighted by Gasteiger charge is 2.31. The molecular formula is C24H35F3O. The summed E-state index contributed by atoms with van der Waals surface area (Å²) in [4.78, 5) is 0. The van der Waals surface area contributed by atoms with Crippen LogP contribution in [0.25, 0.3) is 0 Å². The molecule has 2 aliphatic carbocycles. The minimum atomic E-state index is -4.62. The molecular weight excluding hydrogens is 361 g/mol. The summed E-state index contributed by atoms with van der Waals surface area (Å²) in [5.41, 5.74) is 1.10. The zero-order valence-corrected chi connectivity index (χ0v) is 17.1. The number of hydrogen-bond acceptors (Lipinski definition) is 1. The fourth-order valence-electron chi connectivity index (χ4n) is 5.53. The van der Waals surface area contributed by atoms with Crippen LogP contribution in [0, 0.1) is 23.7 Å². The standard InChI is InChI=1S/C24H35F3O/c1-2-3-18-6-12-21(13-7-18)22-14-8-19(9-15-22)4-5-20-10-16-23(17-11-20)28-24(25,26)27/h10-11,16-19,21-22H,2-9,12-15H2,1H3/t18-,19?,21-,22?. The highest BCUT2D eigenvalue weighted by atomic mass is 19.4. The summed E-state index contributed by atoms with van der Waals surface area (Å²) < 4.78 is 40.6. The molecule has 2 aliphatic rings. The summed E-state index contributed by atoms with van der Waals surface area (Å²) in [5.74, 6) is 3.54. The van der Waals surface area contributed by atoms with Gasteiger partial charge >= 0.3 is 6.36 Å². The summed E-state index contributed by atoms with van der Waals surface area (Å²) in [6.07, 6.45) is 11.5. The summed E-state index contributed by atoms with van der Waals surface area (Å²) in [5, 5.41) is 0. The number of hydrogen-bond donors (Lipinski definition) is 0. The normalized spacial score (nSPS) is 28.9. The van der Waals surface area contributed by atoms with Gasteiger partial charge in [0, 0.05) is 0 Å². The van der Waals surface area contributed by atoms with Gasteiger partial charge in [0.25, 0.3) is 0 Å². The zero-order chi connectivity index (χ0) is 20.0. The van der Waals surface area contributed by atoms with Crippen molar-refractivity contribution >= 4 is 0 Å². The summed E-state index contributed by atoms with van der Waals surface area (Å²) >= 11 is 0. The Bertz CT molecular complexity index is 565. The third-order valence-corrected chi connectivity index (χ3v) is 7.14. The largest absolute Gasteiger partial charge is 0.573 e. The van der Waals surface area contributed by atoms with Gasteiger partial charge in [-0.2, -0.15) is 0 Å². The molecule has 0 bridgehead atoms. The maximum Gasteiger partial charge on any atom is 0.573 e. The molecule has 0 unspecified atom stereocenters.